The highest BCUT2D eigenvalue weighted by atomic mass is 32.1. The molecule has 20 heavy (non-hydrogen) atoms. The van der Waals surface area contributed by atoms with E-state index in [4.69, 9.17) is 0 Å². The number of carbonyl (C=O) groups is 1. The van der Waals surface area contributed by atoms with Crippen LogP contribution in [0.3, 0.4) is 0 Å². The summed E-state index contributed by atoms with van der Waals surface area (Å²) in [5.41, 5.74) is 0.219. The molecule has 0 aliphatic rings. The van der Waals surface area contributed by atoms with Crippen LogP contribution in [0.25, 0.3) is 0 Å². The predicted molar refractivity (Wildman–Crippen MR) is 79.0 cm³/mol. The van der Waals surface area contributed by atoms with E-state index < -0.39 is 5.97 Å². The minimum atomic E-state index is -0.474. The lowest BCUT2D eigenvalue weighted by Gasteiger charge is -2.27. The fourth-order valence-corrected chi connectivity index (χ4v) is 2.48. The lowest BCUT2D eigenvalue weighted by Crippen LogP contribution is -2.30. The summed E-state index contributed by atoms with van der Waals surface area (Å²) in [6, 6.07) is 4.41. The van der Waals surface area contributed by atoms with Gasteiger partial charge in [-0.1, -0.05) is 6.07 Å². The number of nitrogens with zero attached hydrogens (tertiary/aromatic N) is 3. The maximum absolute atomic E-state index is 11.3. The number of hydrogen-bond acceptors (Lipinski definition) is 6. The molecule has 0 bridgehead atoms. The third-order valence-corrected chi connectivity index (χ3v) is 3.72. The van der Waals surface area contributed by atoms with E-state index in [9.17, 15) is 4.79 Å². The molecule has 0 atom stereocenters. The van der Waals surface area contributed by atoms with Gasteiger partial charge < -0.3 is 9.64 Å². The molecule has 5 nitrogen and oxygen atoms in total. The summed E-state index contributed by atoms with van der Waals surface area (Å²) in [6.07, 6.45) is 3.06. The van der Waals surface area contributed by atoms with Crippen LogP contribution in [0.1, 0.15) is 29.2 Å². The lowest BCUT2D eigenvalue weighted by molar-refractivity contribution is 0.0593. The number of esters is 1. The summed E-state index contributed by atoms with van der Waals surface area (Å²) in [6.45, 7) is 4.98. The predicted octanol–water partition coefficient (Wildman–Crippen LogP) is 2.74. The quantitative estimate of drug-likeness (QED) is 0.793. The van der Waals surface area contributed by atoms with Crippen LogP contribution in [-0.4, -0.2) is 29.1 Å². The van der Waals surface area contributed by atoms with Crippen LogP contribution < -0.4 is 4.90 Å². The SMILES string of the molecule is COC(=O)c1cnc(N(Cc2cccs2)C(C)C)cn1. The van der Waals surface area contributed by atoms with Gasteiger partial charge >= 0.3 is 5.97 Å². The molecule has 0 aliphatic carbocycles. The van der Waals surface area contributed by atoms with Crippen molar-refractivity contribution >= 4 is 23.1 Å². The monoisotopic (exact) mass is 291 g/mol. The smallest absolute Gasteiger partial charge is 0.358 e. The summed E-state index contributed by atoms with van der Waals surface area (Å²) in [7, 11) is 1.33. The summed E-state index contributed by atoms with van der Waals surface area (Å²) in [5.74, 6) is 0.277. The van der Waals surface area contributed by atoms with E-state index in [0.29, 0.717) is 0 Å². The zero-order valence-corrected chi connectivity index (χ0v) is 12.6. The fourth-order valence-electron chi connectivity index (χ4n) is 1.78. The Kier molecular flexibility index (Phi) is 4.68. The van der Waals surface area contributed by atoms with Crippen molar-refractivity contribution in [1.82, 2.24) is 9.97 Å². The third-order valence-electron chi connectivity index (χ3n) is 2.86. The summed E-state index contributed by atoms with van der Waals surface area (Å²) in [5, 5.41) is 2.06. The van der Waals surface area contributed by atoms with E-state index in [-0.39, 0.29) is 11.7 Å². The highest BCUT2D eigenvalue weighted by molar-refractivity contribution is 7.09. The normalized spacial score (nSPS) is 10.6. The Balaban J connectivity index is 2.19. The molecule has 0 aliphatic heterocycles. The van der Waals surface area contributed by atoms with Crippen molar-refractivity contribution < 1.29 is 9.53 Å². The van der Waals surface area contributed by atoms with E-state index in [0.717, 1.165) is 12.4 Å². The molecule has 6 heteroatoms. The van der Waals surface area contributed by atoms with E-state index in [2.05, 4.69) is 44.9 Å². The first-order valence-corrected chi connectivity index (χ1v) is 7.19. The van der Waals surface area contributed by atoms with Gasteiger partial charge in [0, 0.05) is 10.9 Å². The third kappa shape index (κ3) is 3.33. The largest absolute Gasteiger partial charge is 0.464 e. The van der Waals surface area contributed by atoms with Crippen molar-refractivity contribution in [2.24, 2.45) is 0 Å². The molecule has 0 radical (unpaired) electrons. The van der Waals surface area contributed by atoms with Crippen molar-refractivity contribution in [3.63, 3.8) is 0 Å². The Labute approximate surface area is 122 Å². The van der Waals surface area contributed by atoms with Crippen molar-refractivity contribution in [2.45, 2.75) is 26.4 Å². The van der Waals surface area contributed by atoms with Gasteiger partial charge in [-0.25, -0.2) is 14.8 Å². The average molecular weight is 291 g/mol. The number of methoxy groups -OCH3 is 1. The van der Waals surface area contributed by atoms with Crippen molar-refractivity contribution in [2.75, 3.05) is 12.0 Å². The van der Waals surface area contributed by atoms with E-state index >= 15 is 0 Å². The maximum Gasteiger partial charge on any atom is 0.358 e. The number of hydrogen-bond donors (Lipinski definition) is 0. The van der Waals surface area contributed by atoms with Gasteiger partial charge in [-0.3, -0.25) is 0 Å². The molecule has 2 aromatic rings. The highest BCUT2D eigenvalue weighted by Gasteiger charge is 2.15. The molecule has 2 aromatic heterocycles. The number of aromatic nitrogens is 2. The molecule has 0 unspecified atom stereocenters. The minimum Gasteiger partial charge on any atom is -0.464 e. The van der Waals surface area contributed by atoms with E-state index in [1.54, 1.807) is 17.5 Å². The summed E-state index contributed by atoms with van der Waals surface area (Å²) in [4.78, 5) is 23.2. The highest BCUT2D eigenvalue weighted by Crippen LogP contribution is 2.19. The summed E-state index contributed by atoms with van der Waals surface area (Å²) < 4.78 is 4.62. The van der Waals surface area contributed by atoms with Crippen molar-refractivity contribution in [3.8, 4) is 0 Å². The molecule has 0 saturated carbocycles. The zero-order valence-electron chi connectivity index (χ0n) is 11.7. The number of anilines is 1. The van der Waals surface area contributed by atoms with E-state index in [1.807, 2.05) is 6.07 Å². The molecule has 2 rings (SSSR count). The first-order valence-electron chi connectivity index (χ1n) is 6.31. The molecule has 2 heterocycles. The number of carbonyl (C=O) groups excluding carboxylic acids is 1. The molecule has 0 spiro atoms. The second kappa shape index (κ2) is 6.47. The van der Waals surface area contributed by atoms with Gasteiger partial charge in [-0.05, 0) is 25.3 Å². The second-order valence-corrected chi connectivity index (χ2v) is 5.58. The molecular formula is C14H17N3O2S. The van der Waals surface area contributed by atoms with Crippen LogP contribution >= 0.6 is 11.3 Å². The molecule has 0 saturated heterocycles. The van der Waals surface area contributed by atoms with Crippen molar-refractivity contribution in [1.29, 1.82) is 0 Å². The van der Waals surface area contributed by atoms with Crippen molar-refractivity contribution in [3.05, 3.63) is 40.5 Å². The van der Waals surface area contributed by atoms with Crippen LogP contribution in [-0.2, 0) is 11.3 Å². The maximum atomic E-state index is 11.3. The van der Waals surface area contributed by atoms with Gasteiger partial charge in [0.1, 0.15) is 5.82 Å². The molecule has 0 N–H and O–H groups in total. The second-order valence-electron chi connectivity index (χ2n) is 4.55. The zero-order chi connectivity index (χ0) is 14.5. The van der Waals surface area contributed by atoms with Gasteiger partial charge in [0.15, 0.2) is 5.69 Å². The Hall–Kier alpha value is -1.95. The number of rotatable bonds is 5. The Bertz CT molecular complexity index is 552. The molecule has 106 valence electrons. The van der Waals surface area contributed by atoms with Gasteiger partial charge in [0.2, 0.25) is 0 Å². The lowest BCUT2D eigenvalue weighted by atomic mass is 10.3. The van der Waals surface area contributed by atoms with Crippen LogP contribution in [0.15, 0.2) is 29.9 Å². The average Bonchev–Trinajstić information content (AvgIpc) is 2.97. The molecular weight excluding hydrogens is 274 g/mol. The van der Waals surface area contributed by atoms with E-state index in [1.165, 1.54) is 18.2 Å². The minimum absolute atomic E-state index is 0.219. The standard InChI is InChI=1S/C14H17N3O2S/c1-10(2)17(9-11-5-4-6-20-11)13-8-15-12(7-16-13)14(18)19-3/h4-8,10H,9H2,1-3H3. The first kappa shape index (κ1) is 14.5. The Morgan fingerprint density at radius 1 is 1.40 bits per heavy atom. The number of ether oxygens (including phenoxy) is 1. The van der Waals surface area contributed by atoms with Gasteiger partial charge in [0.25, 0.3) is 0 Å². The summed E-state index contributed by atoms with van der Waals surface area (Å²) >= 11 is 1.71. The van der Waals surface area contributed by atoms with Crippen LogP contribution in [0.2, 0.25) is 0 Å². The van der Waals surface area contributed by atoms with Gasteiger partial charge in [-0.2, -0.15) is 0 Å². The molecule has 0 fully saturated rings. The van der Waals surface area contributed by atoms with Gasteiger partial charge in [-0.15, -0.1) is 11.3 Å². The fraction of sp³-hybridized carbons (Fsp3) is 0.357. The Morgan fingerprint density at radius 2 is 2.20 bits per heavy atom. The first-order chi connectivity index (χ1) is 9.61. The van der Waals surface area contributed by atoms with Crippen LogP contribution in [0.4, 0.5) is 5.82 Å². The number of thiophene rings is 1. The molecule has 0 aromatic carbocycles. The topological polar surface area (TPSA) is 55.3 Å². The Morgan fingerprint density at radius 3 is 2.70 bits per heavy atom. The van der Waals surface area contributed by atoms with Crippen LogP contribution in [0, 0.1) is 0 Å². The molecule has 0 amide bonds. The van der Waals surface area contributed by atoms with Crippen LogP contribution in [0.5, 0.6) is 0 Å². The van der Waals surface area contributed by atoms with Gasteiger partial charge in [0.05, 0.1) is 26.0 Å².